The first kappa shape index (κ1) is 16.7. The third kappa shape index (κ3) is 3.23. The van der Waals surface area contributed by atoms with Gasteiger partial charge in [-0.05, 0) is 12.1 Å². The van der Waals surface area contributed by atoms with Crippen LogP contribution in [0.5, 0.6) is 0 Å². The van der Waals surface area contributed by atoms with Crippen molar-refractivity contribution in [3.8, 4) is 0 Å². The lowest BCUT2D eigenvalue weighted by atomic mass is 9.86. The van der Waals surface area contributed by atoms with Crippen LogP contribution in [0, 0.1) is 10.1 Å². The highest BCUT2D eigenvalue weighted by atomic mass is 16.6. The molecule has 1 aliphatic rings. The predicted octanol–water partition coefficient (Wildman–Crippen LogP) is -1.64. The molecule has 1 aromatic rings. The zero-order valence-electron chi connectivity index (χ0n) is 13.4. The zero-order valence-corrected chi connectivity index (χ0v) is 12.4. The average Bonchev–Trinajstić information content (AvgIpc) is 2.61. The summed E-state index contributed by atoms with van der Waals surface area (Å²) in [5, 5.41) is 53.3. The molecule has 0 bridgehead atoms. The fourth-order valence-corrected chi connectivity index (χ4v) is 2.59. The molecule has 5 atom stereocenters. The quantitative estimate of drug-likeness (QED) is 0.321. The molecular formula is C14H18N2O8. The number of nitro groups is 1. The van der Waals surface area contributed by atoms with Crippen molar-refractivity contribution in [2.75, 3.05) is 6.61 Å². The second-order valence-electron chi connectivity index (χ2n) is 5.37. The highest BCUT2D eigenvalue weighted by molar-refractivity contribution is 5.73. The third-order valence-electron chi connectivity index (χ3n) is 3.81. The van der Waals surface area contributed by atoms with E-state index in [1.54, 1.807) is 0 Å². The molecule has 0 radical (unpaired) electrons. The van der Waals surface area contributed by atoms with Crippen LogP contribution in [0.2, 0.25) is 0 Å². The molecule has 1 fully saturated rings. The van der Waals surface area contributed by atoms with Crippen molar-refractivity contribution < 1.29 is 36.3 Å². The van der Waals surface area contributed by atoms with E-state index in [9.17, 15) is 35.3 Å². The summed E-state index contributed by atoms with van der Waals surface area (Å²) >= 11 is 0. The maximum atomic E-state index is 11.5. The predicted molar refractivity (Wildman–Crippen MR) is 78.6 cm³/mol. The molecule has 0 aromatic heterocycles. The van der Waals surface area contributed by atoms with Gasteiger partial charge in [-0.2, -0.15) is 0 Å². The second-order valence-corrected chi connectivity index (χ2v) is 5.37. The molecule has 0 saturated carbocycles. The normalized spacial score (nSPS) is 33.6. The highest BCUT2D eigenvalue weighted by Gasteiger charge is 2.54. The van der Waals surface area contributed by atoms with Crippen LogP contribution in [0.15, 0.2) is 24.3 Å². The minimum absolute atomic E-state index is 0.0437. The molecule has 132 valence electrons. The average molecular weight is 343 g/mol. The molecule has 2 rings (SSSR count). The van der Waals surface area contributed by atoms with Gasteiger partial charge in [0.05, 0.1) is 11.5 Å². The minimum atomic E-state index is -2.38. The van der Waals surface area contributed by atoms with Crippen LogP contribution in [0.25, 0.3) is 0 Å². The van der Waals surface area contributed by atoms with Crippen molar-refractivity contribution in [2.45, 2.75) is 37.0 Å². The molecule has 1 saturated heterocycles. The number of hydrogen-bond acceptors (Lipinski definition) is 8. The number of nitrogens with one attached hydrogen (secondary N) is 1. The van der Waals surface area contributed by atoms with Crippen LogP contribution >= 0.6 is 0 Å². The number of non-ortho nitro benzene ring substituents is 1. The maximum Gasteiger partial charge on any atom is 0.269 e. The van der Waals surface area contributed by atoms with Gasteiger partial charge in [-0.3, -0.25) is 14.9 Å². The molecule has 1 heterocycles. The standard InChI is InChI=1S/C14H18N2O8/c1-7(18)15-13-12(20)11(19)10(6-17)24-14(13,21)8-2-4-9(5-3-8)16(22)23/h2-5,10-13,17,19-21H,6H2,1H3,(H,15,18)/t10-,11-,12+,13-,14?/m1/s1/i1D. The van der Waals surface area contributed by atoms with Crippen LogP contribution in [-0.2, 0) is 15.3 Å². The fraction of sp³-hybridized carbons (Fsp3) is 0.500. The summed E-state index contributed by atoms with van der Waals surface area (Å²) in [5.41, 5.74) is -0.299. The SMILES string of the molecule is [2H]CC(=O)N[C@@H]1[C@@H](O)[C@H](O)[C@@H](CO)OC1(O)c1ccc([N+](=O)[O-])cc1. The van der Waals surface area contributed by atoms with E-state index in [-0.39, 0.29) is 11.3 Å². The summed E-state index contributed by atoms with van der Waals surface area (Å²) in [4.78, 5) is 21.6. The highest BCUT2D eigenvalue weighted by Crippen LogP contribution is 2.36. The van der Waals surface area contributed by atoms with Gasteiger partial charge in [0.15, 0.2) is 0 Å². The summed E-state index contributed by atoms with van der Waals surface area (Å²) in [7, 11) is 0. The Labute approximate surface area is 137 Å². The summed E-state index contributed by atoms with van der Waals surface area (Å²) in [5.74, 6) is -3.23. The number of nitro benzene ring substituents is 1. The Kier molecular flexibility index (Phi) is 4.73. The molecular weight excluding hydrogens is 324 g/mol. The van der Waals surface area contributed by atoms with E-state index in [4.69, 9.17) is 6.11 Å². The molecule has 10 heteroatoms. The summed E-state index contributed by atoms with van der Waals surface area (Å²) < 4.78 is 12.3. The summed E-state index contributed by atoms with van der Waals surface area (Å²) in [6.07, 6.45) is -4.69. The molecule has 24 heavy (non-hydrogen) atoms. The lowest BCUT2D eigenvalue weighted by molar-refractivity contribution is -0.385. The Balaban J connectivity index is 2.45. The van der Waals surface area contributed by atoms with E-state index in [0.29, 0.717) is 0 Å². The minimum Gasteiger partial charge on any atom is -0.394 e. The largest absolute Gasteiger partial charge is 0.394 e. The van der Waals surface area contributed by atoms with Crippen LogP contribution in [0.4, 0.5) is 5.69 Å². The fourth-order valence-electron chi connectivity index (χ4n) is 2.59. The molecule has 0 spiro atoms. The Morgan fingerprint density at radius 2 is 2.04 bits per heavy atom. The number of amides is 1. The van der Waals surface area contributed by atoms with Gasteiger partial charge in [-0.15, -0.1) is 0 Å². The van der Waals surface area contributed by atoms with Crippen LogP contribution < -0.4 is 5.32 Å². The number of carbonyl (C=O) groups is 1. The van der Waals surface area contributed by atoms with Crippen LogP contribution in [0.1, 0.15) is 13.8 Å². The number of aliphatic hydroxyl groups is 4. The summed E-state index contributed by atoms with van der Waals surface area (Å²) in [6.45, 7) is -1.42. The van der Waals surface area contributed by atoms with Gasteiger partial charge in [-0.25, -0.2) is 0 Å². The van der Waals surface area contributed by atoms with E-state index in [1.165, 1.54) is 0 Å². The van der Waals surface area contributed by atoms with E-state index in [1.807, 2.05) is 0 Å². The van der Waals surface area contributed by atoms with Crippen molar-refractivity contribution in [3.05, 3.63) is 39.9 Å². The molecule has 1 aliphatic heterocycles. The third-order valence-corrected chi connectivity index (χ3v) is 3.81. The number of ether oxygens (including phenoxy) is 1. The van der Waals surface area contributed by atoms with Gasteiger partial charge >= 0.3 is 0 Å². The Bertz CT molecular complexity index is 642. The number of nitrogens with zero attached hydrogens (tertiary/aromatic N) is 1. The van der Waals surface area contributed by atoms with Crippen molar-refractivity contribution in [1.29, 1.82) is 0 Å². The molecule has 1 amide bonds. The van der Waals surface area contributed by atoms with Crippen LogP contribution in [0.3, 0.4) is 0 Å². The Morgan fingerprint density at radius 3 is 2.54 bits per heavy atom. The maximum absolute atomic E-state index is 11.5. The topological polar surface area (TPSA) is 162 Å². The first-order chi connectivity index (χ1) is 11.7. The number of aliphatic hydroxyl groups excluding tert-OH is 3. The van der Waals surface area contributed by atoms with Gasteiger partial charge in [0.2, 0.25) is 11.7 Å². The van der Waals surface area contributed by atoms with Crippen molar-refractivity contribution in [1.82, 2.24) is 5.32 Å². The van der Waals surface area contributed by atoms with E-state index in [2.05, 4.69) is 5.32 Å². The van der Waals surface area contributed by atoms with Gasteiger partial charge in [0, 0.05) is 26.0 Å². The van der Waals surface area contributed by atoms with Crippen molar-refractivity contribution in [3.63, 3.8) is 0 Å². The monoisotopic (exact) mass is 343 g/mol. The molecule has 5 N–H and O–H groups in total. The summed E-state index contributed by atoms with van der Waals surface area (Å²) in [6, 6.07) is 2.94. The smallest absolute Gasteiger partial charge is 0.269 e. The number of benzene rings is 1. The van der Waals surface area contributed by atoms with Gasteiger partial charge in [0.25, 0.3) is 5.69 Å². The van der Waals surface area contributed by atoms with Crippen molar-refractivity contribution >= 4 is 11.6 Å². The van der Waals surface area contributed by atoms with Crippen LogP contribution in [-0.4, -0.2) is 62.2 Å². The van der Waals surface area contributed by atoms with E-state index >= 15 is 0 Å². The van der Waals surface area contributed by atoms with E-state index in [0.717, 1.165) is 24.3 Å². The van der Waals surface area contributed by atoms with Gasteiger partial charge in [-0.1, -0.05) is 0 Å². The molecule has 1 unspecified atom stereocenters. The first-order valence-corrected chi connectivity index (χ1v) is 6.95. The number of carbonyl (C=O) groups excluding carboxylic acids is 1. The lowest BCUT2D eigenvalue weighted by Crippen LogP contribution is -2.68. The zero-order chi connectivity index (χ0) is 18.8. The Hall–Kier alpha value is -2.11. The number of hydrogen-bond donors (Lipinski definition) is 5. The lowest BCUT2D eigenvalue weighted by Gasteiger charge is -2.47. The first-order valence-electron chi connectivity index (χ1n) is 7.66. The van der Waals surface area contributed by atoms with Gasteiger partial charge in [0.1, 0.15) is 24.4 Å². The number of rotatable bonds is 4. The molecule has 0 aliphatic carbocycles. The Morgan fingerprint density at radius 1 is 1.42 bits per heavy atom. The molecule has 1 aromatic carbocycles. The van der Waals surface area contributed by atoms with Gasteiger partial charge < -0.3 is 30.5 Å². The van der Waals surface area contributed by atoms with E-state index < -0.39 is 54.5 Å². The van der Waals surface area contributed by atoms with Crippen molar-refractivity contribution in [2.24, 2.45) is 0 Å². The second kappa shape index (κ2) is 6.79. The molecule has 10 nitrogen and oxygen atoms in total.